The van der Waals surface area contributed by atoms with E-state index < -0.39 is 21.9 Å². The Morgan fingerprint density at radius 3 is 2.68 bits per heavy atom. The Kier molecular flexibility index (Phi) is 3.89. The summed E-state index contributed by atoms with van der Waals surface area (Å²) in [6.07, 6.45) is 0.868. The molecule has 0 saturated carbocycles. The molecule has 1 amide bonds. The SMILES string of the molecule is CCc1ccccc1N1CC(CS(=O)(=O)F)CC1=O. The third kappa shape index (κ3) is 3.32. The van der Waals surface area contributed by atoms with E-state index in [0.29, 0.717) is 0 Å². The normalized spacial score (nSPS) is 20.0. The van der Waals surface area contributed by atoms with Gasteiger partial charge >= 0.3 is 10.2 Å². The second-order valence-corrected chi connectivity index (χ2v) is 6.17. The van der Waals surface area contributed by atoms with Crippen LogP contribution < -0.4 is 4.90 Å². The summed E-state index contributed by atoms with van der Waals surface area (Å²) in [6, 6.07) is 7.50. The van der Waals surface area contributed by atoms with Crippen molar-refractivity contribution in [1.29, 1.82) is 0 Å². The lowest BCUT2D eigenvalue weighted by Crippen LogP contribution is -2.26. The minimum absolute atomic E-state index is 0.0845. The molecular weight excluding hydrogens is 269 g/mol. The summed E-state index contributed by atoms with van der Waals surface area (Å²) in [6.45, 7) is 2.25. The largest absolute Gasteiger partial charge is 0.312 e. The smallest absolute Gasteiger partial charge is 0.302 e. The van der Waals surface area contributed by atoms with E-state index in [2.05, 4.69) is 0 Å². The van der Waals surface area contributed by atoms with Crippen LogP contribution in [0.5, 0.6) is 0 Å². The van der Waals surface area contributed by atoms with Crippen molar-refractivity contribution in [3.05, 3.63) is 29.8 Å². The van der Waals surface area contributed by atoms with Crippen molar-refractivity contribution in [3.8, 4) is 0 Å². The number of carbonyl (C=O) groups is 1. The first-order chi connectivity index (χ1) is 8.90. The fraction of sp³-hybridized carbons (Fsp3) is 0.462. The summed E-state index contributed by atoms with van der Waals surface area (Å²) in [4.78, 5) is 13.5. The van der Waals surface area contributed by atoms with Crippen LogP contribution in [-0.4, -0.2) is 26.6 Å². The molecule has 1 saturated heterocycles. The van der Waals surface area contributed by atoms with E-state index in [4.69, 9.17) is 0 Å². The molecule has 0 N–H and O–H groups in total. The Bertz CT molecular complexity index is 585. The number of halogens is 1. The standard InChI is InChI=1S/C13H16FNO3S/c1-2-11-5-3-4-6-12(11)15-8-10(7-13(15)16)9-19(14,17)18/h3-6,10H,2,7-9H2,1H3. The highest BCUT2D eigenvalue weighted by Crippen LogP contribution is 2.29. The van der Waals surface area contributed by atoms with E-state index in [9.17, 15) is 17.1 Å². The molecule has 0 spiro atoms. The second-order valence-electron chi connectivity index (χ2n) is 4.76. The van der Waals surface area contributed by atoms with Crippen LogP contribution in [0, 0.1) is 5.92 Å². The molecular formula is C13H16FNO3S. The highest BCUT2D eigenvalue weighted by molar-refractivity contribution is 7.86. The van der Waals surface area contributed by atoms with Crippen LogP contribution in [0.3, 0.4) is 0 Å². The van der Waals surface area contributed by atoms with Crippen molar-refractivity contribution in [2.24, 2.45) is 5.92 Å². The number of para-hydroxylation sites is 1. The van der Waals surface area contributed by atoms with Crippen LogP contribution in [0.2, 0.25) is 0 Å². The summed E-state index contributed by atoms with van der Waals surface area (Å²) in [5.41, 5.74) is 1.83. The first-order valence-electron chi connectivity index (χ1n) is 6.21. The first-order valence-corrected chi connectivity index (χ1v) is 7.76. The molecule has 19 heavy (non-hydrogen) atoms. The van der Waals surface area contributed by atoms with Gasteiger partial charge in [0.05, 0.1) is 5.75 Å². The topological polar surface area (TPSA) is 54.5 Å². The molecule has 6 heteroatoms. The number of benzene rings is 1. The first kappa shape index (κ1) is 14.0. The number of rotatable bonds is 4. The van der Waals surface area contributed by atoms with Crippen LogP contribution in [0.25, 0.3) is 0 Å². The monoisotopic (exact) mass is 285 g/mol. The van der Waals surface area contributed by atoms with Crippen molar-refractivity contribution in [2.75, 3.05) is 17.2 Å². The Morgan fingerprint density at radius 2 is 2.05 bits per heavy atom. The molecule has 0 aliphatic carbocycles. The zero-order valence-electron chi connectivity index (χ0n) is 10.7. The molecule has 1 fully saturated rings. The molecule has 1 aliphatic rings. The van der Waals surface area contributed by atoms with Gasteiger partial charge in [0.1, 0.15) is 0 Å². The maximum absolute atomic E-state index is 12.7. The molecule has 0 bridgehead atoms. The van der Waals surface area contributed by atoms with Crippen LogP contribution >= 0.6 is 0 Å². The van der Waals surface area contributed by atoms with E-state index in [1.165, 1.54) is 0 Å². The van der Waals surface area contributed by atoms with Gasteiger partial charge in [-0.05, 0) is 18.1 Å². The molecule has 1 unspecified atom stereocenters. The van der Waals surface area contributed by atoms with Gasteiger partial charge in [-0.2, -0.15) is 8.42 Å². The Labute approximate surface area is 112 Å². The molecule has 1 aromatic rings. The minimum atomic E-state index is -4.53. The fourth-order valence-corrected chi connectivity index (χ4v) is 3.27. The van der Waals surface area contributed by atoms with Gasteiger partial charge in [-0.3, -0.25) is 4.79 Å². The highest BCUT2D eigenvalue weighted by Gasteiger charge is 2.34. The lowest BCUT2D eigenvalue weighted by Gasteiger charge is -2.19. The minimum Gasteiger partial charge on any atom is -0.312 e. The second kappa shape index (κ2) is 5.28. The average molecular weight is 285 g/mol. The lowest BCUT2D eigenvalue weighted by atomic mass is 10.1. The Morgan fingerprint density at radius 1 is 1.37 bits per heavy atom. The third-order valence-corrected chi connectivity index (χ3v) is 4.17. The zero-order chi connectivity index (χ0) is 14.0. The van der Waals surface area contributed by atoms with Gasteiger partial charge in [-0.15, -0.1) is 3.89 Å². The predicted molar refractivity (Wildman–Crippen MR) is 71.2 cm³/mol. The molecule has 1 heterocycles. The Hall–Kier alpha value is -1.43. The molecule has 1 atom stereocenters. The number of amides is 1. The molecule has 0 radical (unpaired) electrons. The molecule has 1 aromatic carbocycles. The fourth-order valence-electron chi connectivity index (χ4n) is 2.48. The molecule has 4 nitrogen and oxygen atoms in total. The van der Waals surface area contributed by atoms with E-state index in [0.717, 1.165) is 17.7 Å². The molecule has 0 aromatic heterocycles. The average Bonchev–Trinajstić information content (AvgIpc) is 2.67. The van der Waals surface area contributed by atoms with Crippen molar-refractivity contribution < 1.29 is 17.1 Å². The quantitative estimate of drug-likeness (QED) is 0.794. The summed E-state index contributed by atoms with van der Waals surface area (Å²) in [7, 11) is -4.53. The number of hydrogen-bond donors (Lipinski definition) is 0. The van der Waals surface area contributed by atoms with Crippen LogP contribution in [0.4, 0.5) is 9.57 Å². The maximum Gasteiger partial charge on any atom is 0.302 e. The van der Waals surface area contributed by atoms with Crippen molar-refractivity contribution >= 4 is 21.8 Å². The summed E-state index contributed by atoms with van der Waals surface area (Å²) in [5, 5.41) is 0. The van der Waals surface area contributed by atoms with Gasteiger partial charge in [0.2, 0.25) is 5.91 Å². The van der Waals surface area contributed by atoms with Gasteiger partial charge in [-0.25, -0.2) is 0 Å². The van der Waals surface area contributed by atoms with E-state index >= 15 is 0 Å². The predicted octanol–water partition coefficient (Wildman–Crippen LogP) is 1.90. The van der Waals surface area contributed by atoms with Crippen LogP contribution in [-0.2, 0) is 21.4 Å². The van der Waals surface area contributed by atoms with Crippen molar-refractivity contribution in [2.45, 2.75) is 19.8 Å². The van der Waals surface area contributed by atoms with E-state index in [-0.39, 0.29) is 18.9 Å². The van der Waals surface area contributed by atoms with E-state index in [1.54, 1.807) is 4.90 Å². The number of anilines is 1. The summed E-state index contributed by atoms with van der Waals surface area (Å²) >= 11 is 0. The van der Waals surface area contributed by atoms with Gasteiger partial charge in [0, 0.05) is 24.6 Å². The van der Waals surface area contributed by atoms with Gasteiger partial charge in [-0.1, -0.05) is 25.1 Å². The Balaban J connectivity index is 2.20. The number of carbonyl (C=O) groups excluding carboxylic acids is 1. The van der Waals surface area contributed by atoms with E-state index in [1.807, 2.05) is 31.2 Å². The zero-order valence-corrected chi connectivity index (χ0v) is 11.5. The van der Waals surface area contributed by atoms with Gasteiger partial charge in [0.15, 0.2) is 0 Å². The van der Waals surface area contributed by atoms with Gasteiger partial charge in [0.25, 0.3) is 0 Å². The van der Waals surface area contributed by atoms with Crippen molar-refractivity contribution in [1.82, 2.24) is 0 Å². The van der Waals surface area contributed by atoms with Crippen LogP contribution in [0.15, 0.2) is 24.3 Å². The number of nitrogens with zero attached hydrogens (tertiary/aromatic N) is 1. The number of hydrogen-bond acceptors (Lipinski definition) is 3. The lowest BCUT2D eigenvalue weighted by molar-refractivity contribution is -0.117. The highest BCUT2D eigenvalue weighted by atomic mass is 32.3. The molecule has 1 aliphatic heterocycles. The van der Waals surface area contributed by atoms with Gasteiger partial charge < -0.3 is 4.90 Å². The molecule has 104 valence electrons. The third-order valence-electron chi connectivity index (χ3n) is 3.30. The van der Waals surface area contributed by atoms with Crippen molar-refractivity contribution in [3.63, 3.8) is 0 Å². The maximum atomic E-state index is 12.7. The number of aryl methyl sites for hydroxylation is 1. The van der Waals surface area contributed by atoms with Crippen LogP contribution in [0.1, 0.15) is 18.9 Å². The summed E-state index contributed by atoms with van der Waals surface area (Å²) < 4.78 is 34.0. The molecule has 2 rings (SSSR count). The summed E-state index contributed by atoms with van der Waals surface area (Å²) in [5.74, 6) is -1.19.